The van der Waals surface area contributed by atoms with E-state index in [1.165, 1.54) is 6.20 Å². The van der Waals surface area contributed by atoms with E-state index in [1.807, 2.05) is 0 Å². The number of nitrogens with zero attached hydrogens (tertiary/aromatic N) is 1. The Labute approximate surface area is 84.4 Å². The van der Waals surface area contributed by atoms with Crippen molar-refractivity contribution in [2.45, 2.75) is 6.42 Å². The van der Waals surface area contributed by atoms with Crippen LogP contribution in [0.15, 0.2) is 6.20 Å². The molecule has 68 valence electrons. The second kappa shape index (κ2) is 4.85. The van der Waals surface area contributed by atoms with Crippen molar-refractivity contribution < 1.29 is 9.90 Å². The fraction of sp³-hybridized carbons (Fsp3) is 0.250. The Morgan fingerprint density at radius 3 is 3.08 bits per heavy atom. The van der Waals surface area contributed by atoms with Crippen LogP contribution in [0.3, 0.4) is 0 Å². The average Bonchev–Trinajstić information content (AvgIpc) is 2.53. The molecule has 0 atom stereocenters. The second-order valence-electron chi connectivity index (χ2n) is 2.08. The summed E-state index contributed by atoms with van der Waals surface area (Å²) in [6, 6.07) is 0. The molecule has 0 radical (unpaired) electrons. The molecule has 3 nitrogen and oxygen atoms in total. The van der Waals surface area contributed by atoms with E-state index in [4.69, 9.17) is 16.7 Å². The summed E-state index contributed by atoms with van der Waals surface area (Å²) in [6.45, 7) is 0. The number of aromatic nitrogens is 1. The van der Waals surface area contributed by atoms with Gasteiger partial charge in [0, 0.05) is 12.3 Å². The molecule has 0 aliphatic rings. The van der Waals surface area contributed by atoms with Crippen LogP contribution in [0.2, 0.25) is 0 Å². The maximum atomic E-state index is 10.4. The first kappa shape index (κ1) is 10.0. The van der Waals surface area contributed by atoms with Gasteiger partial charge in [-0.1, -0.05) is 17.3 Å². The molecule has 0 amide bonds. The van der Waals surface area contributed by atoms with Gasteiger partial charge in [-0.25, -0.2) is 9.78 Å². The average molecular weight is 216 g/mol. The predicted molar refractivity (Wildman–Crippen MR) is 51.3 cm³/mol. The molecule has 0 saturated heterocycles. The molecule has 13 heavy (non-hydrogen) atoms. The monoisotopic (exact) mass is 215 g/mol. The smallest absolute Gasteiger partial charge is 0.347 e. The molecule has 0 spiro atoms. The summed E-state index contributed by atoms with van der Waals surface area (Å²) in [5.74, 6) is 5.01. The highest BCUT2D eigenvalue weighted by molar-refractivity contribution is 7.14. The minimum absolute atomic E-state index is 0.204. The van der Waals surface area contributed by atoms with Crippen LogP contribution in [-0.4, -0.2) is 21.9 Å². The molecule has 1 N–H and O–H groups in total. The van der Waals surface area contributed by atoms with Gasteiger partial charge in [-0.15, -0.1) is 11.6 Å². The lowest BCUT2D eigenvalue weighted by Crippen LogP contribution is -1.89. The Hall–Kier alpha value is -1.05. The van der Waals surface area contributed by atoms with Crippen LogP contribution < -0.4 is 0 Å². The third kappa shape index (κ3) is 3.05. The van der Waals surface area contributed by atoms with Gasteiger partial charge in [0.05, 0.1) is 6.20 Å². The summed E-state index contributed by atoms with van der Waals surface area (Å²) >= 11 is 6.47. The van der Waals surface area contributed by atoms with E-state index < -0.39 is 5.97 Å². The van der Waals surface area contributed by atoms with Crippen LogP contribution in [0.25, 0.3) is 0 Å². The number of carboxylic acid groups (broad SMARTS) is 1. The largest absolute Gasteiger partial charge is 0.477 e. The number of halogens is 1. The molecule has 1 heterocycles. The molecule has 1 aromatic heterocycles. The van der Waals surface area contributed by atoms with E-state index in [-0.39, 0.29) is 4.88 Å². The van der Waals surface area contributed by atoms with Gasteiger partial charge in [0.15, 0.2) is 5.01 Å². The molecular weight excluding hydrogens is 210 g/mol. The van der Waals surface area contributed by atoms with Gasteiger partial charge >= 0.3 is 5.97 Å². The fourth-order valence-corrected chi connectivity index (χ4v) is 1.34. The minimum Gasteiger partial charge on any atom is -0.477 e. The summed E-state index contributed by atoms with van der Waals surface area (Å²) in [5.41, 5.74) is 0. The summed E-state index contributed by atoms with van der Waals surface area (Å²) in [6.07, 6.45) is 1.89. The molecule has 0 bridgehead atoms. The minimum atomic E-state index is -0.970. The highest BCUT2D eigenvalue weighted by Crippen LogP contribution is 2.11. The summed E-state index contributed by atoms with van der Waals surface area (Å²) < 4.78 is 0. The third-order valence-corrected chi connectivity index (χ3v) is 2.22. The zero-order chi connectivity index (χ0) is 9.68. The molecule has 0 fully saturated rings. The van der Waals surface area contributed by atoms with Crippen molar-refractivity contribution in [3.8, 4) is 11.8 Å². The molecule has 5 heteroatoms. The van der Waals surface area contributed by atoms with Crippen molar-refractivity contribution in [3.63, 3.8) is 0 Å². The standard InChI is InChI=1S/C8H6ClNO2S/c9-4-2-1-3-7-10-5-6(13-7)8(11)12/h5H,2,4H2,(H,11,12). The lowest BCUT2D eigenvalue weighted by molar-refractivity contribution is 0.0702. The zero-order valence-electron chi connectivity index (χ0n) is 6.58. The molecule has 0 unspecified atom stereocenters. The topological polar surface area (TPSA) is 50.2 Å². The van der Waals surface area contributed by atoms with E-state index in [2.05, 4.69) is 16.8 Å². The number of hydrogen-bond donors (Lipinski definition) is 1. The Kier molecular flexibility index (Phi) is 3.74. The molecule has 1 rings (SSSR count). The molecule has 0 aliphatic carbocycles. The molecule has 0 aliphatic heterocycles. The lowest BCUT2D eigenvalue weighted by Gasteiger charge is -1.79. The first-order chi connectivity index (χ1) is 6.24. The summed E-state index contributed by atoms with van der Waals surface area (Å²) in [7, 11) is 0. The van der Waals surface area contributed by atoms with Crippen LogP contribution in [0.1, 0.15) is 21.1 Å². The third-order valence-electron chi connectivity index (χ3n) is 1.13. The maximum Gasteiger partial charge on any atom is 0.347 e. The van der Waals surface area contributed by atoms with Crippen molar-refractivity contribution >= 4 is 28.9 Å². The van der Waals surface area contributed by atoms with E-state index in [0.717, 1.165) is 11.3 Å². The van der Waals surface area contributed by atoms with Crippen molar-refractivity contribution in [2.75, 3.05) is 5.88 Å². The summed E-state index contributed by atoms with van der Waals surface area (Å²) in [4.78, 5) is 14.5. The zero-order valence-corrected chi connectivity index (χ0v) is 8.15. The molecular formula is C8H6ClNO2S. The Morgan fingerprint density at radius 2 is 2.54 bits per heavy atom. The van der Waals surface area contributed by atoms with Gasteiger partial charge in [0.2, 0.25) is 0 Å². The van der Waals surface area contributed by atoms with Crippen molar-refractivity contribution in [3.05, 3.63) is 16.1 Å². The number of carboxylic acids is 1. The van der Waals surface area contributed by atoms with Crippen LogP contribution in [0, 0.1) is 11.8 Å². The summed E-state index contributed by atoms with van der Waals surface area (Å²) in [5, 5.41) is 9.09. The number of hydrogen-bond acceptors (Lipinski definition) is 3. The van der Waals surface area contributed by atoms with Crippen molar-refractivity contribution in [1.82, 2.24) is 4.98 Å². The predicted octanol–water partition coefficient (Wildman–Crippen LogP) is 1.82. The Balaban J connectivity index is 2.71. The van der Waals surface area contributed by atoms with E-state index in [0.29, 0.717) is 17.3 Å². The first-order valence-corrected chi connectivity index (χ1v) is 4.83. The van der Waals surface area contributed by atoms with Gasteiger partial charge in [0.1, 0.15) is 4.88 Å². The van der Waals surface area contributed by atoms with Crippen LogP contribution in [0.5, 0.6) is 0 Å². The molecule has 0 saturated carbocycles. The highest BCUT2D eigenvalue weighted by atomic mass is 35.5. The molecule has 0 aromatic carbocycles. The fourth-order valence-electron chi connectivity index (χ4n) is 0.616. The van der Waals surface area contributed by atoms with E-state index in [9.17, 15) is 4.79 Å². The normalized spacial score (nSPS) is 9.00. The highest BCUT2D eigenvalue weighted by Gasteiger charge is 2.05. The number of rotatable bonds is 2. The van der Waals surface area contributed by atoms with Gasteiger partial charge in [-0.3, -0.25) is 0 Å². The van der Waals surface area contributed by atoms with Gasteiger partial charge in [-0.05, 0) is 5.92 Å². The van der Waals surface area contributed by atoms with Crippen LogP contribution in [-0.2, 0) is 0 Å². The van der Waals surface area contributed by atoms with Crippen LogP contribution in [0.4, 0.5) is 0 Å². The maximum absolute atomic E-state index is 10.4. The van der Waals surface area contributed by atoms with Gasteiger partial charge in [0.25, 0.3) is 0 Å². The Morgan fingerprint density at radius 1 is 1.77 bits per heavy atom. The number of aromatic carboxylic acids is 1. The van der Waals surface area contributed by atoms with E-state index >= 15 is 0 Å². The second-order valence-corrected chi connectivity index (χ2v) is 3.48. The van der Waals surface area contributed by atoms with Gasteiger partial charge < -0.3 is 5.11 Å². The first-order valence-electron chi connectivity index (χ1n) is 3.48. The number of carbonyl (C=O) groups is 1. The van der Waals surface area contributed by atoms with Gasteiger partial charge in [-0.2, -0.15) is 0 Å². The Bertz CT molecular complexity index is 364. The van der Waals surface area contributed by atoms with Crippen molar-refractivity contribution in [2.24, 2.45) is 0 Å². The van der Waals surface area contributed by atoms with Crippen LogP contribution >= 0.6 is 22.9 Å². The van der Waals surface area contributed by atoms with E-state index in [1.54, 1.807) is 0 Å². The quantitative estimate of drug-likeness (QED) is 0.605. The molecule has 1 aromatic rings. The lowest BCUT2D eigenvalue weighted by atomic mass is 10.5. The van der Waals surface area contributed by atoms with Crippen molar-refractivity contribution in [1.29, 1.82) is 0 Å². The number of alkyl halides is 1. The SMILES string of the molecule is O=C(O)c1cnc(C#CCCCl)s1. The number of thiazole rings is 1.